The van der Waals surface area contributed by atoms with Gasteiger partial charge in [0.15, 0.2) is 6.29 Å². The van der Waals surface area contributed by atoms with E-state index in [0.29, 0.717) is 17.4 Å². The highest BCUT2D eigenvalue weighted by atomic mass is 16.6. The summed E-state index contributed by atoms with van der Waals surface area (Å²) < 4.78 is 0. The molecular weight excluding hydrogens is 208 g/mol. The van der Waals surface area contributed by atoms with Crippen LogP contribution in [0, 0.1) is 10.1 Å². The van der Waals surface area contributed by atoms with E-state index in [1.807, 2.05) is 0 Å². The molecular formula is C11H12N2O3. The Morgan fingerprint density at radius 2 is 2.12 bits per heavy atom. The van der Waals surface area contributed by atoms with E-state index in [0.717, 1.165) is 0 Å². The van der Waals surface area contributed by atoms with Gasteiger partial charge in [-0.2, -0.15) is 0 Å². The number of nitro groups is 1. The molecule has 5 nitrogen and oxygen atoms in total. The van der Waals surface area contributed by atoms with Crippen LogP contribution in [-0.2, 0) is 4.79 Å². The lowest BCUT2D eigenvalue weighted by molar-refractivity contribution is -0.384. The Morgan fingerprint density at radius 3 is 2.62 bits per heavy atom. The maximum absolute atomic E-state index is 10.9. The Morgan fingerprint density at radius 1 is 1.44 bits per heavy atom. The maximum Gasteiger partial charge on any atom is 0.270 e. The molecule has 0 unspecified atom stereocenters. The summed E-state index contributed by atoms with van der Waals surface area (Å²) in [6.45, 7) is 0. The molecule has 0 aliphatic rings. The minimum Gasteiger partial charge on any atom is -0.383 e. The molecule has 0 N–H and O–H groups in total. The number of carbonyl (C=O) groups excluding carboxylic acids is 1. The van der Waals surface area contributed by atoms with E-state index in [4.69, 9.17) is 0 Å². The lowest BCUT2D eigenvalue weighted by atomic mass is 10.1. The molecule has 1 aromatic carbocycles. The first-order chi connectivity index (χ1) is 7.54. The van der Waals surface area contributed by atoms with Crippen LogP contribution >= 0.6 is 0 Å². The quantitative estimate of drug-likeness (QED) is 0.335. The van der Waals surface area contributed by atoms with Crippen LogP contribution in [-0.4, -0.2) is 30.2 Å². The molecule has 0 saturated carbocycles. The number of aldehydes is 1. The minimum absolute atomic E-state index is 0.0241. The summed E-state index contributed by atoms with van der Waals surface area (Å²) >= 11 is 0. The number of carbonyl (C=O) groups is 1. The monoisotopic (exact) mass is 220 g/mol. The van der Waals surface area contributed by atoms with Crippen LogP contribution in [0.1, 0.15) is 5.56 Å². The van der Waals surface area contributed by atoms with Crippen molar-refractivity contribution in [2.24, 2.45) is 0 Å². The first-order valence-electron chi connectivity index (χ1n) is 4.63. The third kappa shape index (κ3) is 2.91. The van der Waals surface area contributed by atoms with Gasteiger partial charge in [0.2, 0.25) is 0 Å². The van der Waals surface area contributed by atoms with Crippen molar-refractivity contribution in [1.82, 2.24) is 4.90 Å². The first-order valence-corrected chi connectivity index (χ1v) is 4.63. The second-order valence-corrected chi connectivity index (χ2v) is 3.47. The highest BCUT2D eigenvalue weighted by molar-refractivity contribution is 6.06. The Hall–Kier alpha value is -2.17. The average molecular weight is 220 g/mol. The molecule has 84 valence electrons. The number of non-ortho nitro benzene ring substituents is 1. The average Bonchev–Trinajstić information content (AvgIpc) is 2.25. The predicted octanol–water partition coefficient (Wildman–Crippen LogP) is 1.70. The molecule has 0 aromatic heterocycles. The Balaban J connectivity index is 3.16. The van der Waals surface area contributed by atoms with Crippen LogP contribution in [0.4, 0.5) is 5.69 Å². The molecule has 0 bridgehead atoms. The van der Waals surface area contributed by atoms with Crippen molar-refractivity contribution in [3.8, 4) is 0 Å². The second kappa shape index (κ2) is 5.06. The van der Waals surface area contributed by atoms with Crippen molar-refractivity contribution >= 4 is 17.5 Å². The Labute approximate surface area is 93.1 Å². The molecule has 0 heterocycles. The number of benzene rings is 1. The summed E-state index contributed by atoms with van der Waals surface area (Å²) in [6, 6.07) is 5.99. The lowest BCUT2D eigenvalue weighted by Crippen LogP contribution is -2.03. The minimum atomic E-state index is -0.485. The van der Waals surface area contributed by atoms with Gasteiger partial charge in [-0.3, -0.25) is 14.9 Å². The lowest BCUT2D eigenvalue weighted by Gasteiger charge is -2.07. The van der Waals surface area contributed by atoms with Crippen LogP contribution in [0.3, 0.4) is 0 Å². The van der Waals surface area contributed by atoms with Gasteiger partial charge in [-0.1, -0.05) is 12.1 Å². The summed E-state index contributed by atoms with van der Waals surface area (Å²) in [7, 11) is 3.56. The number of rotatable bonds is 4. The van der Waals surface area contributed by atoms with Gasteiger partial charge in [0.1, 0.15) is 0 Å². The predicted molar refractivity (Wildman–Crippen MR) is 60.8 cm³/mol. The zero-order valence-corrected chi connectivity index (χ0v) is 9.08. The van der Waals surface area contributed by atoms with Crippen molar-refractivity contribution in [2.45, 2.75) is 0 Å². The summed E-state index contributed by atoms with van der Waals surface area (Å²) in [5.41, 5.74) is 0.926. The first kappa shape index (κ1) is 11.9. The van der Waals surface area contributed by atoms with Crippen molar-refractivity contribution < 1.29 is 9.72 Å². The molecule has 0 atom stereocenters. The molecule has 0 radical (unpaired) electrons. The van der Waals surface area contributed by atoms with E-state index in [9.17, 15) is 14.9 Å². The SMILES string of the molecule is CN(C)C=C(C=O)c1cccc([N+](=O)[O-])c1. The molecule has 1 rings (SSSR count). The van der Waals surface area contributed by atoms with E-state index in [-0.39, 0.29) is 5.69 Å². The molecule has 16 heavy (non-hydrogen) atoms. The summed E-state index contributed by atoms with van der Waals surface area (Å²) in [4.78, 5) is 22.7. The van der Waals surface area contributed by atoms with Gasteiger partial charge in [0.25, 0.3) is 5.69 Å². The van der Waals surface area contributed by atoms with E-state index < -0.39 is 4.92 Å². The zero-order chi connectivity index (χ0) is 12.1. The topological polar surface area (TPSA) is 63.5 Å². The largest absolute Gasteiger partial charge is 0.383 e. The van der Waals surface area contributed by atoms with E-state index in [2.05, 4.69) is 0 Å². The molecule has 0 aliphatic carbocycles. The fraction of sp³-hybridized carbons (Fsp3) is 0.182. The van der Waals surface area contributed by atoms with Gasteiger partial charge in [-0.05, 0) is 5.56 Å². The van der Waals surface area contributed by atoms with E-state index in [1.165, 1.54) is 12.1 Å². The van der Waals surface area contributed by atoms with Crippen molar-refractivity contribution in [1.29, 1.82) is 0 Å². The molecule has 0 fully saturated rings. The summed E-state index contributed by atoms with van der Waals surface area (Å²) in [5.74, 6) is 0. The van der Waals surface area contributed by atoms with Gasteiger partial charge in [0, 0.05) is 38.0 Å². The number of nitro benzene ring substituents is 1. The Kier molecular flexibility index (Phi) is 3.77. The molecule has 0 amide bonds. The number of hydrogen-bond donors (Lipinski definition) is 0. The van der Waals surface area contributed by atoms with Crippen LogP contribution in [0.15, 0.2) is 30.5 Å². The van der Waals surface area contributed by atoms with Gasteiger partial charge >= 0.3 is 0 Å². The fourth-order valence-corrected chi connectivity index (χ4v) is 1.25. The summed E-state index contributed by atoms with van der Waals surface area (Å²) in [5, 5.41) is 10.6. The highest BCUT2D eigenvalue weighted by Crippen LogP contribution is 2.18. The van der Waals surface area contributed by atoms with Crippen LogP contribution in [0.25, 0.3) is 5.57 Å². The molecule has 0 saturated heterocycles. The van der Waals surface area contributed by atoms with Gasteiger partial charge < -0.3 is 4.90 Å². The smallest absolute Gasteiger partial charge is 0.270 e. The third-order valence-corrected chi connectivity index (χ3v) is 1.91. The Bertz CT molecular complexity index is 439. The van der Waals surface area contributed by atoms with Crippen LogP contribution < -0.4 is 0 Å². The number of nitrogens with zero attached hydrogens (tertiary/aromatic N) is 2. The normalized spacial score (nSPS) is 11.0. The van der Waals surface area contributed by atoms with E-state index in [1.54, 1.807) is 37.3 Å². The van der Waals surface area contributed by atoms with Gasteiger partial charge in [0.05, 0.1) is 4.92 Å². The standard InChI is InChI=1S/C11H12N2O3/c1-12(2)7-10(8-14)9-4-3-5-11(6-9)13(15)16/h3-8H,1-2H3. The van der Waals surface area contributed by atoms with Gasteiger partial charge in [-0.25, -0.2) is 0 Å². The number of allylic oxidation sites excluding steroid dienone is 1. The summed E-state index contributed by atoms with van der Waals surface area (Å²) in [6.07, 6.45) is 2.30. The van der Waals surface area contributed by atoms with Crippen LogP contribution in [0.5, 0.6) is 0 Å². The maximum atomic E-state index is 10.9. The highest BCUT2D eigenvalue weighted by Gasteiger charge is 2.08. The third-order valence-electron chi connectivity index (χ3n) is 1.91. The number of hydrogen-bond acceptors (Lipinski definition) is 4. The molecule has 0 aliphatic heterocycles. The van der Waals surface area contributed by atoms with Crippen molar-refractivity contribution in [3.63, 3.8) is 0 Å². The van der Waals surface area contributed by atoms with Crippen molar-refractivity contribution in [2.75, 3.05) is 14.1 Å². The van der Waals surface area contributed by atoms with E-state index >= 15 is 0 Å². The zero-order valence-electron chi connectivity index (χ0n) is 9.08. The molecule has 1 aromatic rings. The van der Waals surface area contributed by atoms with Gasteiger partial charge in [-0.15, -0.1) is 0 Å². The van der Waals surface area contributed by atoms with Crippen LogP contribution in [0.2, 0.25) is 0 Å². The second-order valence-electron chi connectivity index (χ2n) is 3.47. The molecule has 0 spiro atoms. The fourth-order valence-electron chi connectivity index (χ4n) is 1.25. The van der Waals surface area contributed by atoms with Crippen molar-refractivity contribution in [3.05, 3.63) is 46.1 Å². The molecule has 5 heteroatoms.